The van der Waals surface area contributed by atoms with Crippen molar-refractivity contribution in [3.8, 4) is 0 Å². The lowest BCUT2D eigenvalue weighted by molar-refractivity contribution is 0.0992. The Morgan fingerprint density at radius 1 is 1.32 bits per heavy atom. The van der Waals surface area contributed by atoms with Gasteiger partial charge in [0.05, 0.1) is 24.8 Å². The van der Waals surface area contributed by atoms with Crippen LogP contribution in [0.4, 0.5) is 0 Å². The molecule has 2 heterocycles. The standard InChI is InChI=1S/C16H30N4O.HI/c1-4-17-16(18-10-11(2)20(3)12-5-6-12)19-14-9-13-7-8-15(14)21-13;/h11-15H,4-10H2,1-3H3,(H2,17,18,19);1H. The molecule has 0 aromatic rings. The maximum absolute atomic E-state index is 5.91. The van der Waals surface area contributed by atoms with Crippen LogP contribution >= 0.6 is 24.0 Å². The highest BCUT2D eigenvalue weighted by Crippen LogP contribution is 2.34. The van der Waals surface area contributed by atoms with Crippen LogP contribution in [0.2, 0.25) is 0 Å². The smallest absolute Gasteiger partial charge is 0.191 e. The lowest BCUT2D eigenvalue weighted by Gasteiger charge is -2.25. The molecule has 128 valence electrons. The summed E-state index contributed by atoms with van der Waals surface area (Å²) >= 11 is 0. The third-order valence-electron chi connectivity index (χ3n) is 5.10. The first kappa shape index (κ1) is 18.3. The van der Waals surface area contributed by atoms with E-state index in [1.54, 1.807) is 0 Å². The minimum absolute atomic E-state index is 0. The van der Waals surface area contributed by atoms with E-state index in [0.29, 0.717) is 24.3 Å². The first-order valence-electron chi connectivity index (χ1n) is 8.59. The van der Waals surface area contributed by atoms with Crippen LogP contribution in [0.25, 0.3) is 0 Å². The number of nitrogens with zero attached hydrogens (tertiary/aromatic N) is 2. The summed E-state index contributed by atoms with van der Waals surface area (Å²) in [5.41, 5.74) is 0. The first-order chi connectivity index (χ1) is 10.2. The van der Waals surface area contributed by atoms with Crippen molar-refractivity contribution in [3.63, 3.8) is 0 Å². The number of likely N-dealkylation sites (N-methyl/N-ethyl adjacent to an activating group) is 1. The molecule has 5 nitrogen and oxygen atoms in total. The number of rotatable bonds is 6. The van der Waals surface area contributed by atoms with Crippen LogP contribution in [0.3, 0.4) is 0 Å². The molecular weight excluding hydrogens is 391 g/mol. The molecule has 0 amide bonds. The largest absolute Gasteiger partial charge is 0.373 e. The predicted octanol–water partition coefficient (Wildman–Crippen LogP) is 1.96. The van der Waals surface area contributed by atoms with Crippen molar-refractivity contribution < 1.29 is 4.74 Å². The molecule has 0 radical (unpaired) electrons. The van der Waals surface area contributed by atoms with Gasteiger partial charge >= 0.3 is 0 Å². The summed E-state index contributed by atoms with van der Waals surface area (Å²) in [6, 6.07) is 1.74. The Labute approximate surface area is 151 Å². The first-order valence-corrected chi connectivity index (χ1v) is 8.59. The number of ether oxygens (including phenoxy) is 1. The molecule has 1 saturated carbocycles. The zero-order chi connectivity index (χ0) is 14.8. The van der Waals surface area contributed by atoms with Gasteiger partial charge in [0.2, 0.25) is 0 Å². The molecule has 4 unspecified atom stereocenters. The van der Waals surface area contributed by atoms with Crippen molar-refractivity contribution >= 4 is 29.9 Å². The van der Waals surface area contributed by atoms with Crippen LogP contribution in [0.15, 0.2) is 4.99 Å². The Balaban J connectivity index is 0.00000176. The predicted molar refractivity (Wildman–Crippen MR) is 101 cm³/mol. The molecule has 4 atom stereocenters. The number of hydrogen-bond acceptors (Lipinski definition) is 3. The second-order valence-electron chi connectivity index (χ2n) is 6.83. The van der Waals surface area contributed by atoms with Crippen LogP contribution in [0.5, 0.6) is 0 Å². The SMILES string of the molecule is CCNC(=NCC(C)N(C)C1CC1)NC1CC2CCC1O2.I. The maximum Gasteiger partial charge on any atom is 0.191 e. The molecule has 1 aliphatic carbocycles. The van der Waals surface area contributed by atoms with E-state index in [0.717, 1.165) is 31.5 Å². The number of guanidine groups is 1. The van der Waals surface area contributed by atoms with Gasteiger partial charge in [-0.3, -0.25) is 9.89 Å². The van der Waals surface area contributed by atoms with Gasteiger partial charge in [0.25, 0.3) is 0 Å². The third-order valence-corrected chi connectivity index (χ3v) is 5.10. The number of halogens is 1. The average molecular weight is 422 g/mol. The molecule has 22 heavy (non-hydrogen) atoms. The summed E-state index contributed by atoms with van der Waals surface area (Å²) in [4.78, 5) is 7.25. The third kappa shape index (κ3) is 4.47. The molecule has 0 spiro atoms. The molecule has 2 aliphatic heterocycles. The fourth-order valence-electron chi connectivity index (χ4n) is 3.48. The molecule has 3 fully saturated rings. The van der Waals surface area contributed by atoms with Crippen molar-refractivity contribution in [1.82, 2.24) is 15.5 Å². The monoisotopic (exact) mass is 422 g/mol. The molecule has 3 rings (SSSR count). The summed E-state index contributed by atoms with van der Waals surface area (Å²) in [5, 5.41) is 6.96. The van der Waals surface area contributed by atoms with Gasteiger partial charge in [-0.25, -0.2) is 0 Å². The molecular formula is C16H31IN4O. The van der Waals surface area contributed by atoms with Crippen molar-refractivity contribution in [3.05, 3.63) is 0 Å². The summed E-state index contributed by atoms with van der Waals surface area (Å²) in [7, 11) is 2.22. The Morgan fingerprint density at radius 3 is 2.64 bits per heavy atom. The van der Waals surface area contributed by atoms with Crippen molar-refractivity contribution in [2.24, 2.45) is 4.99 Å². The van der Waals surface area contributed by atoms with Gasteiger partial charge in [0.15, 0.2) is 5.96 Å². The average Bonchev–Trinajstić information content (AvgIpc) is 3.13. The second kappa shape index (κ2) is 8.15. The van der Waals surface area contributed by atoms with E-state index >= 15 is 0 Å². The topological polar surface area (TPSA) is 48.9 Å². The van der Waals surface area contributed by atoms with Crippen LogP contribution in [-0.2, 0) is 4.74 Å². The summed E-state index contributed by atoms with van der Waals surface area (Å²) in [6.07, 6.45) is 7.15. The van der Waals surface area contributed by atoms with Gasteiger partial charge < -0.3 is 15.4 Å². The number of hydrogen-bond donors (Lipinski definition) is 2. The lowest BCUT2D eigenvalue weighted by atomic mass is 9.96. The van der Waals surface area contributed by atoms with Crippen molar-refractivity contribution in [2.75, 3.05) is 20.1 Å². The van der Waals surface area contributed by atoms with E-state index in [-0.39, 0.29) is 24.0 Å². The molecule has 6 heteroatoms. The van der Waals surface area contributed by atoms with E-state index in [4.69, 9.17) is 9.73 Å². The maximum atomic E-state index is 5.91. The van der Waals surface area contributed by atoms with Crippen molar-refractivity contribution in [2.45, 2.75) is 76.3 Å². The zero-order valence-corrected chi connectivity index (χ0v) is 16.4. The normalized spacial score (nSPS) is 32.0. The quantitative estimate of drug-likeness (QED) is 0.391. The fraction of sp³-hybridized carbons (Fsp3) is 0.938. The fourth-order valence-corrected chi connectivity index (χ4v) is 3.48. The van der Waals surface area contributed by atoms with Gasteiger partial charge in [-0.15, -0.1) is 24.0 Å². The van der Waals surface area contributed by atoms with Crippen LogP contribution < -0.4 is 10.6 Å². The van der Waals surface area contributed by atoms with Gasteiger partial charge in [0.1, 0.15) is 0 Å². The van der Waals surface area contributed by atoms with Gasteiger partial charge in [-0.2, -0.15) is 0 Å². The second-order valence-corrected chi connectivity index (χ2v) is 6.83. The Kier molecular flexibility index (Phi) is 6.76. The number of nitrogens with one attached hydrogen (secondary N) is 2. The molecule has 3 aliphatic rings. The highest BCUT2D eigenvalue weighted by molar-refractivity contribution is 14.0. The minimum atomic E-state index is 0. The van der Waals surface area contributed by atoms with E-state index < -0.39 is 0 Å². The summed E-state index contributed by atoms with van der Waals surface area (Å²) in [6.45, 7) is 6.14. The van der Waals surface area contributed by atoms with E-state index in [1.807, 2.05) is 0 Å². The minimum Gasteiger partial charge on any atom is -0.373 e. The molecule has 2 saturated heterocycles. The molecule has 2 N–H and O–H groups in total. The van der Waals surface area contributed by atoms with E-state index in [9.17, 15) is 0 Å². The van der Waals surface area contributed by atoms with Gasteiger partial charge in [-0.1, -0.05) is 0 Å². The number of fused-ring (bicyclic) bond motifs is 2. The van der Waals surface area contributed by atoms with Crippen LogP contribution in [-0.4, -0.2) is 61.3 Å². The summed E-state index contributed by atoms with van der Waals surface area (Å²) in [5.74, 6) is 0.953. The Hall–Kier alpha value is -0.0800. The molecule has 0 aromatic carbocycles. The Morgan fingerprint density at radius 2 is 2.09 bits per heavy atom. The van der Waals surface area contributed by atoms with E-state index in [1.165, 1.54) is 25.7 Å². The highest BCUT2D eigenvalue weighted by atomic mass is 127. The Bertz CT molecular complexity index is 388. The van der Waals surface area contributed by atoms with Crippen molar-refractivity contribution in [1.29, 1.82) is 0 Å². The van der Waals surface area contributed by atoms with Gasteiger partial charge in [0, 0.05) is 18.6 Å². The van der Waals surface area contributed by atoms with E-state index in [2.05, 4.69) is 36.4 Å². The highest BCUT2D eigenvalue weighted by Gasteiger charge is 2.41. The van der Waals surface area contributed by atoms with Gasteiger partial charge in [-0.05, 0) is 53.0 Å². The van der Waals surface area contributed by atoms with Crippen LogP contribution in [0, 0.1) is 0 Å². The molecule has 0 aromatic heterocycles. The van der Waals surface area contributed by atoms with Crippen LogP contribution in [0.1, 0.15) is 46.0 Å². The summed E-state index contributed by atoms with van der Waals surface area (Å²) < 4.78 is 5.91. The molecule has 2 bridgehead atoms. The number of aliphatic imine (C=N–C) groups is 1. The zero-order valence-electron chi connectivity index (χ0n) is 14.0. The lowest BCUT2D eigenvalue weighted by Crippen LogP contribution is -2.48.